The molecule has 0 spiro atoms. The van der Waals surface area contributed by atoms with Gasteiger partial charge in [-0.15, -0.1) is 0 Å². The van der Waals surface area contributed by atoms with E-state index < -0.39 is 20.8 Å². The van der Waals surface area contributed by atoms with Gasteiger partial charge < -0.3 is 0 Å². The molecule has 0 amide bonds. The molecule has 0 atom stereocenters. The summed E-state index contributed by atoms with van der Waals surface area (Å²) >= 11 is -0.826. The first-order valence-electron chi connectivity index (χ1n) is 3.57. The Hall–Kier alpha value is 0.943. The summed E-state index contributed by atoms with van der Waals surface area (Å²) in [5.74, 6) is 0. The normalized spacial score (nSPS) is 14.5. The molecule has 0 unspecified atom stereocenters. The third-order valence-corrected chi connectivity index (χ3v) is 1.57. The van der Waals surface area contributed by atoms with Crippen LogP contribution in [0.1, 0.15) is 26.7 Å². The molecule has 11 heavy (non-hydrogen) atoms. The van der Waals surface area contributed by atoms with Crippen LogP contribution in [0.25, 0.3) is 0 Å². The molecule has 0 aromatic carbocycles. The predicted octanol–water partition coefficient (Wildman–Crippen LogP) is 4.05. The molecule has 0 saturated carbocycles. The average Bonchev–Trinajstić information content (AvgIpc) is 2.37. The van der Waals surface area contributed by atoms with Crippen molar-refractivity contribution in [3.05, 3.63) is 23.3 Å². The molecular formula is C8H12Cl2Zr. The average molecular weight is 270 g/mol. The molecule has 0 heterocycles. The van der Waals surface area contributed by atoms with Crippen molar-refractivity contribution in [3.8, 4) is 0 Å². The second-order valence-electron chi connectivity index (χ2n) is 2.38. The van der Waals surface area contributed by atoms with Gasteiger partial charge in [0.1, 0.15) is 0 Å². The first kappa shape index (κ1) is 11.9. The summed E-state index contributed by atoms with van der Waals surface area (Å²) < 4.78 is 0. The van der Waals surface area contributed by atoms with Crippen LogP contribution >= 0.6 is 17.0 Å². The fourth-order valence-corrected chi connectivity index (χ4v) is 0.978. The van der Waals surface area contributed by atoms with Gasteiger partial charge in [0.15, 0.2) is 0 Å². The summed E-state index contributed by atoms with van der Waals surface area (Å²) in [6.45, 7) is 4.36. The predicted molar refractivity (Wildman–Crippen MR) is 48.5 cm³/mol. The summed E-state index contributed by atoms with van der Waals surface area (Å²) in [5.41, 5.74) is 3.00. The van der Waals surface area contributed by atoms with Crippen LogP contribution in [-0.2, 0) is 20.8 Å². The van der Waals surface area contributed by atoms with Crippen molar-refractivity contribution in [3.63, 3.8) is 0 Å². The Morgan fingerprint density at radius 3 is 2.27 bits per heavy atom. The Balaban J connectivity index is 0.000000292. The van der Waals surface area contributed by atoms with Crippen LogP contribution < -0.4 is 0 Å². The molecule has 62 valence electrons. The number of rotatable bonds is 1. The van der Waals surface area contributed by atoms with Crippen LogP contribution in [0, 0.1) is 0 Å². The molecule has 0 radical (unpaired) electrons. The summed E-state index contributed by atoms with van der Waals surface area (Å²) in [4.78, 5) is 0. The quantitative estimate of drug-likeness (QED) is 0.674. The molecule has 3 heteroatoms. The van der Waals surface area contributed by atoms with Gasteiger partial charge in [0.25, 0.3) is 0 Å². The summed E-state index contributed by atoms with van der Waals surface area (Å²) in [6, 6.07) is 0. The Kier molecular flexibility index (Phi) is 8.24. The van der Waals surface area contributed by atoms with E-state index in [1.54, 1.807) is 5.57 Å². The minimum absolute atomic E-state index is 0.826. The molecule has 0 aliphatic heterocycles. The molecular weight excluding hydrogens is 258 g/mol. The van der Waals surface area contributed by atoms with Crippen LogP contribution in [-0.4, -0.2) is 0 Å². The van der Waals surface area contributed by atoms with Crippen LogP contribution in [0.4, 0.5) is 0 Å². The van der Waals surface area contributed by atoms with Crippen molar-refractivity contribution in [1.82, 2.24) is 0 Å². The second kappa shape index (κ2) is 7.58. The maximum atomic E-state index is 4.93. The monoisotopic (exact) mass is 268 g/mol. The Labute approximate surface area is 87.3 Å². The maximum absolute atomic E-state index is 4.93. The van der Waals surface area contributed by atoms with Crippen molar-refractivity contribution in [2.45, 2.75) is 26.7 Å². The second-order valence-corrected chi connectivity index (χ2v) is 6.11. The van der Waals surface area contributed by atoms with E-state index in [1.165, 1.54) is 18.4 Å². The third-order valence-electron chi connectivity index (χ3n) is 1.57. The number of halogens is 2. The molecule has 0 saturated heterocycles. The van der Waals surface area contributed by atoms with E-state index >= 15 is 0 Å². The summed E-state index contributed by atoms with van der Waals surface area (Å²) in [5, 5.41) is 0. The topological polar surface area (TPSA) is 0 Å². The van der Waals surface area contributed by atoms with Crippen molar-refractivity contribution >= 4 is 17.0 Å². The molecule has 0 aromatic heterocycles. The molecule has 1 aliphatic rings. The number of allylic oxidation sites excluding steroid dienone is 4. The van der Waals surface area contributed by atoms with E-state index in [4.69, 9.17) is 17.0 Å². The summed E-state index contributed by atoms with van der Waals surface area (Å²) in [6.07, 6.45) is 6.97. The van der Waals surface area contributed by atoms with Crippen molar-refractivity contribution in [2.24, 2.45) is 0 Å². The van der Waals surface area contributed by atoms with Crippen molar-refractivity contribution < 1.29 is 20.8 Å². The molecule has 1 rings (SSSR count). The first-order chi connectivity index (χ1) is 5.24. The van der Waals surface area contributed by atoms with Gasteiger partial charge in [0.05, 0.1) is 0 Å². The molecule has 0 bridgehead atoms. The molecule has 0 fully saturated rings. The van der Waals surface area contributed by atoms with E-state index in [0.717, 1.165) is 0 Å². The zero-order chi connectivity index (χ0) is 8.69. The molecule has 0 aromatic rings. The van der Waals surface area contributed by atoms with Crippen molar-refractivity contribution in [2.75, 3.05) is 0 Å². The zero-order valence-electron chi connectivity index (χ0n) is 6.82. The number of hydrogen-bond donors (Lipinski definition) is 0. The van der Waals surface area contributed by atoms with E-state index in [2.05, 4.69) is 26.0 Å². The molecule has 1 aliphatic carbocycles. The Morgan fingerprint density at radius 1 is 1.55 bits per heavy atom. The summed E-state index contributed by atoms with van der Waals surface area (Å²) in [7, 11) is 9.87. The number of hydrogen-bond acceptors (Lipinski definition) is 0. The van der Waals surface area contributed by atoms with Gasteiger partial charge in [-0.2, -0.15) is 0 Å². The van der Waals surface area contributed by atoms with Gasteiger partial charge in [-0.1, -0.05) is 30.2 Å². The zero-order valence-corrected chi connectivity index (χ0v) is 10.8. The van der Waals surface area contributed by atoms with E-state index in [9.17, 15) is 0 Å². The fourth-order valence-electron chi connectivity index (χ4n) is 0.978. The first-order valence-corrected chi connectivity index (χ1v) is 9.90. The van der Waals surface area contributed by atoms with Crippen LogP contribution in [0.5, 0.6) is 0 Å². The molecule has 0 nitrogen and oxygen atoms in total. The van der Waals surface area contributed by atoms with Gasteiger partial charge in [-0.25, -0.2) is 0 Å². The van der Waals surface area contributed by atoms with Crippen LogP contribution in [0.3, 0.4) is 0 Å². The van der Waals surface area contributed by atoms with E-state index in [0.29, 0.717) is 0 Å². The Bertz CT molecular complexity index is 161. The van der Waals surface area contributed by atoms with Gasteiger partial charge in [0, 0.05) is 0 Å². The van der Waals surface area contributed by atoms with Gasteiger partial charge >= 0.3 is 37.9 Å². The fraction of sp³-hybridized carbons (Fsp3) is 0.500. The Morgan fingerprint density at radius 2 is 2.09 bits per heavy atom. The van der Waals surface area contributed by atoms with Crippen LogP contribution in [0.2, 0.25) is 0 Å². The van der Waals surface area contributed by atoms with E-state index in [1.807, 2.05) is 0 Å². The van der Waals surface area contributed by atoms with Gasteiger partial charge in [-0.05, 0) is 19.8 Å². The minimum atomic E-state index is -0.826. The molecule has 0 N–H and O–H groups in total. The van der Waals surface area contributed by atoms with Crippen molar-refractivity contribution in [1.29, 1.82) is 0 Å². The van der Waals surface area contributed by atoms with Gasteiger partial charge in [-0.3, -0.25) is 0 Å². The SMILES string of the molecule is CCC1=CC(C)=CC1.[Cl][Zr][Cl]. The van der Waals surface area contributed by atoms with Gasteiger partial charge in [0.2, 0.25) is 0 Å². The van der Waals surface area contributed by atoms with E-state index in [-0.39, 0.29) is 0 Å². The standard InChI is InChI=1S/C8H12.2ClH.Zr/c1-3-8-5-4-7(2)6-8;;;/h4,6H,3,5H2,1-2H3;2*1H;/q;;;+2/p-2. The third kappa shape index (κ3) is 6.14. The van der Waals surface area contributed by atoms with Crippen LogP contribution in [0.15, 0.2) is 23.3 Å².